The van der Waals surface area contributed by atoms with Crippen LogP contribution in [0.4, 0.5) is 0 Å². The Labute approximate surface area is 83.7 Å². The van der Waals surface area contributed by atoms with E-state index >= 15 is 0 Å². The molecule has 1 aliphatic carbocycles. The van der Waals surface area contributed by atoms with Crippen LogP contribution in [0.1, 0.15) is 12.8 Å². The van der Waals surface area contributed by atoms with Gasteiger partial charge in [0, 0.05) is 0 Å². The first-order valence-electron chi connectivity index (χ1n) is 3.60. The van der Waals surface area contributed by atoms with Crippen molar-refractivity contribution in [2.45, 2.75) is 22.3 Å². The highest BCUT2D eigenvalue weighted by atomic mass is 79.9. The van der Waals surface area contributed by atoms with Crippen molar-refractivity contribution in [3.05, 3.63) is 15.9 Å². The van der Waals surface area contributed by atoms with E-state index in [4.69, 9.17) is 0 Å². The van der Waals surface area contributed by atoms with Gasteiger partial charge in [-0.2, -0.15) is 0 Å². The fraction of sp³-hybridized carbons (Fsp3) is 0.429. The van der Waals surface area contributed by atoms with E-state index in [0.29, 0.717) is 4.21 Å². The molecule has 0 atom stereocenters. The lowest BCUT2D eigenvalue weighted by molar-refractivity contribution is 0.597. The van der Waals surface area contributed by atoms with E-state index in [1.54, 1.807) is 12.1 Å². The molecule has 0 amide bonds. The number of sulfone groups is 1. The normalized spacial score (nSPS) is 18.1. The van der Waals surface area contributed by atoms with Crippen molar-refractivity contribution in [1.29, 1.82) is 0 Å². The van der Waals surface area contributed by atoms with Crippen molar-refractivity contribution in [3.63, 3.8) is 0 Å². The maximum atomic E-state index is 11.6. The monoisotopic (exact) mass is 266 g/mol. The Hall–Kier alpha value is 0.130. The highest BCUT2D eigenvalue weighted by Gasteiger charge is 2.37. The first kappa shape index (κ1) is 8.72. The molecule has 2 nitrogen and oxygen atoms in total. The van der Waals surface area contributed by atoms with Gasteiger partial charge in [0.2, 0.25) is 0 Å². The standard InChI is InChI=1S/C7H7BrO2S2/c8-6-3-4-7(11-6)12(9,10)5-1-2-5/h3-5H,1-2H2. The second kappa shape index (κ2) is 2.82. The van der Waals surface area contributed by atoms with Gasteiger partial charge in [-0.15, -0.1) is 11.3 Å². The fourth-order valence-electron chi connectivity index (χ4n) is 0.993. The predicted octanol–water partition coefficient (Wildman–Crippen LogP) is 2.45. The molecule has 0 N–H and O–H groups in total. The van der Waals surface area contributed by atoms with Gasteiger partial charge in [0.1, 0.15) is 4.21 Å². The summed E-state index contributed by atoms with van der Waals surface area (Å²) in [6, 6.07) is 3.45. The summed E-state index contributed by atoms with van der Waals surface area (Å²) in [5.41, 5.74) is 0. The molecule has 66 valence electrons. The molecule has 12 heavy (non-hydrogen) atoms. The maximum absolute atomic E-state index is 11.6. The number of thiophene rings is 1. The Balaban J connectivity index is 2.41. The van der Waals surface area contributed by atoms with Crippen LogP contribution < -0.4 is 0 Å². The minimum atomic E-state index is -2.96. The number of hydrogen-bond donors (Lipinski definition) is 0. The lowest BCUT2D eigenvalue weighted by Crippen LogP contribution is -2.04. The molecule has 0 aromatic carbocycles. The number of hydrogen-bond acceptors (Lipinski definition) is 3. The lowest BCUT2D eigenvalue weighted by Gasteiger charge is -1.95. The zero-order chi connectivity index (χ0) is 8.77. The van der Waals surface area contributed by atoms with Gasteiger partial charge in [-0.05, 0) is 40.9 Å². The van der Waals surface area contributed by atoms with Crippen LogP contribution in [0.5, 0.6) is 0 Å². The molecule has 1 saturated carbocycles. The van der Waals surface area contributed by atoms with Crippen molar-refractivity contribution in [2.24, 2.45) is 0 Å². The molecule has 1 fully saturated rings. The first-order valence-corrected chi connectivity index (χ1v) is 6.75. The Bertz CT molecular complexity index is 389. The second-order valence-electron chi connectivity index (χ2n) is 2.80. The summed E-state index contributed by atoms with van der Waals surface area (Å²) in [6.07, 6.45) is 1.66. The van der Waals surface area contributed by atoms with E-state index in [2.05, 4.69) is 15.9 Å². The first-order chi connectivity index (χ1) is 5.60. The molecule has 2 rings (SSSR count). The van der Waals surface area contributed by atoms with Crippen molar-refractivity contribution >= 4 is 37.1 Å². The van der Waals surface area contributed by atoms with Crippen LogP contribution in [0.3, 0.4) is 0 Å². The highest BCUT2D eigenvalue weighted by Crippen LogP contribution is 2.37. The minimum Gasteiger partial charge on any atom is -0.223 e. The van der Waals surface area contributed by atoms with E-state index < -0.39 is 9.84 Å². The van der Waals surface area contributed by atoms with Crippen molar-refractivity contribution < 1.29 is 8.42 Å². The zero-order valence-corrected chi connectivity index (χ0v) is 9.38. The van der Waals surface area contributed by atoms with Gasteiger partial charge in [-0.3, -0.25) is 0 Å². The molecule has 5 heteroatoms. The van der Waals surface area contributed by atoms with Crippen LogP contribution in [0.25, 0.3) is 0 Å². The summed E-state index contributed by atoms with van der Waals surface area (Å²) < 4.78 is 24.6. The van der Waals surface area contributed by atoms with Crippen molar-refractivity contribution in [2.75, 3.05) is 0 Å². The zero-order valence-electron chi connectivity index (χ0n) is 6.16. The van der Waals surface area contributed by atoms with Crippen LogP contribution in [-0.2, 0) is 9.84 Å². The van der Waals surface area contributed by atoms with Gasteiger partial charge in [0.25, 0.3) is 0 Å². The average molecular weight is 267 g/mol. The summed E-state index contributed by atoms with van der Waals surface area (Å²) in [5.74, 6) is 0. The molecule has 0 spiro atoms. The lowest BCUT2D eigenvalue weighted by atomic mass is 10.7. The van der Waals surface area contributed by atoms with E-state index in [1.807, 2.05) is 0 Å². The third-order valence-electron chi connectivity index (χ3n) is 1.79. The molecule has 1 aromatic rings. The van der Waals surface area contributed by atoms with Gasteiger partial charge in [-0.1, -0.05) is 0 Å². The van der Waals surface area contributed by atoms with Gasteiger partial charge < -0.3 is 0 Å². The topological polar surface area (TPSA) is 34.1 Å². The summed E-state index contributed by atoms with van der Waals surface area (Å²) in [7, 11) is -2.96. The summed E-state index contributed by atoms with van der Waals surface area (Å²) in [5, 5.41) is -0.0944. The number of rotatable bonds is 2. The van der Waals surface area contributed by atoms with Gasteiger partial charge in [-0.25, -0.2) is 8.42 Å². The van der Waals surface area contributed by atoms with Crippen LogP contribution in [0.15, 0.2) is 20.1 Å². The minimum absolute atomic E-state index is 0.0944. The highest BCUT2D eigenvalue weighted by molar-refractivity contribution is 9.11. The Morgan fingerprint density at radius 2 is 2.08 bits per heavy atom. The van der Waals surface area contributed by atoms with Gasteiger partial charge in [0.15, 0.2) is 9.84 Å². The fourth-order valence-corrected chi connectivity index (χ4v) is 4.92. The van der Waals surface area contributed by atoms with Gasteiger partial charge >= 0.3 is 0 Å². The molecular formula is C7H7BrO2S2. The SMILES string of the molecule is O=S(=O)(c1ccc(Br)s1)C1CC1. The quantitative estimate of drug-likeness (QED) is 0.824. The van der Waals surface area contributed by atoms with E-state index in [9.17, 15) is 8.42 Å². The molecule has 1 heterocycles. The molecule has 0 bridgehead atoms. The maximum Gasteiger partial charge on any atom is 0.190 e. The average Bonchev–Trinajstić information content (AvgIpc) is 2.75. The van der Waals surface area contributed by atoms with Crippen LogP contribution >= 0.6 is 27.3 Å². The van der Waals surface area contributed by atoms with E-state index in [1.165, 1.54) is 11.3 Å². The second-order valence-corrected chi connectivity index (χ2v) is 7.72. The molecule has 0 saturated heterocycles. The molecule has 0 aliphatic heterocycles. The molecular weight excluding hydrogens is 260 g/mol. The van der Waals surface area contributed by atoms with Crippen LogP contribution in [0.2, 0.25) is 0 Å². The summed E-state index contributed by atoms with van der Waals surface area (Å²) in [6.45, 7) is 0. The molecule has 0 unspecified atom stereocenters. The predicted molar refractivity (Wildman–Crippen MR) is 52.2 cm³/mol. The van der Waals surface area contributed by atoms with Crippen LogP contribution in [0, 0.1) is 0 Å². The summed E-state index contributed by atoms with van der Waals surface area (Å²) >= 11 is 4.54. The van der Waals surface area contributed by atoms with Crippen molar-refractivity contribution in [3.8, 4) is 0 Å². The molecule has 1 aliphatic rings. The Morgan fingerprint density at radius 3 is 2.50 bits per heavy atom. The largest absolute Gasteiger partial charge is 0.223 e. The summed E-state index contributed by atoms with van der Waals surface area (Å²) in [4.78, 5) is 0. The molecule has 0 radical (unpaired) electrons. The van der Waals surface area contributed by atoms with E-state index in [-0.39, 0.29) is 5.25 Å². The van der Waals surface area contributed by atoms with Crippen molar-refractivity contribution in [1.82, 2.24) is 0 Å². The third kappa shape index (κ3) is 1.45. The smallest absolute Gasteiger partial charge is 0.190 e. The Kier molecular flexibility index (Phi) is 2.05. The Morgan fingerprint density at radius 1 is 1.42 bits per heavy atom. The number of halogens is 1. The van der Waals surface area contributed by atoms with E-state index in [0.717, 1.165) is 16.6 Å². The van der Waals surface area contributed by atoms with Gasteiger partial charge in [0.05, 0.1) is 9.04 Å². The third-order valence-corrected chi connectivity index (χ3v) is 6.20. The van der Waals surface area contributed by atoms with Crippen LogP contribution in [-0.4, -0.2) is 13.7 Å². The molecule has 1 aromatic heterocycles.